The monoisotopic (exact) mass is 463 g/mol. The van der Waals surface area contributed by atoms with Crippen molar-refractivity contribution in [1.29, 1.82) is 0 Å². The molecule has 4 rings (SSSR count). The molecule has 0 unspecified atom stereocenters. The maximum absolute atomic E-state index is 13.9. The summed E-state index contributed by atoms with van der Waals surface area (Å²) in [4.78, 5) is 30.5. The summed E-state index contributed by atoms with van der Waals surface area (Å²) in [6.45, 7) is 2.08. The molecule has 0 radical (unpaired) electrons. The number of carbonyl (C=O) groups is 2. The lowest BCUT2D eigenvalue weighted by atomic mass is 9.95. The van der Waals surface area contributed by atoms with Gasteiger partial charge >= 0.3 is 0 Å². The molecular formula is C27H33N3O2S. The van der Waals surface area contributed by atoms with E-state index in [2.05, 4.69) is 12.2 Å². The molecular weight excluding hydrogens is 430 g/mol. The molecule has 0 spiro atoms. The molecule has 1 fully saturated rings. The van der Waals surface area contributed by atoms with Crippen molar-refractivity contribution >= 4 is 28.8 Å². The smallest absolute Gasteiger partial charge is 0.249 e. The third-order valence-corrected chi connectivity index (χ3v) is 7.40. The van der Waals surface area contributed by atoms with Gasteiger partial charge in [0.1, 0.15) is 0 Å². The van der Waals surface area contributed by atoms with E-state index in [1.54, 1.807) is 16.2 Å². The number of rotatable bonds is 8. The second-order valence-corrected chi connectivity index (χ2v) is 9.82. The number of carbonyl (C=O) groups excluding carboxylic acids is 2. The Morgan fingerprint density at radius 3 is 2.55 bits per heavy atom. The number of benzene rings is 1. The molecule has 0 aliphatic heterocycles. The molecule has 6 heteroatoms. The maximum Gasteiger partial charge on any atom is 0.249 e. The van der Waals surface area contributed by atoms with Gasteiger partial charge in [-0.15, -0.1) is 11.3 Å². The molecule has 1 aromatic carbocycles. The Kier molecular flexibility index (Phi) is 7.65. The molecule has 1 atom stereocenters. The van der Waals surface area contributed by atoms with Crippen molar-refractivity contribution in [2.75, 3.05) is 4.90 Å². The summed E-state index contributed by atoms with van der Waals surface area (Å²) in [5, 5.41) is 5.28. The molecule has 3 aromatic rings. The third kappa shape index (κ3) is 5.38. The lowest BCUT2D eigenvalue weighted by Crippen LogP contribution is -2.48. The zero-order valence-electron chi connectivity index (χ0n) is 19.5. The summed E-state index contributed by atoms with van der Waals surface area (Å²) in [6.07, 6.45) is 8.49. The van der Waals surface area contributed by atoms with Gasteiger partial charge in [-0.1, -0.05) is 50.5 Å². The van der Waals surface area contributed by atoms with E-state index < -0.39 is 6.04 Å². The number of anilines is 1. The van der Waals surface area contributed by atoms with Crippen molar-refractivity contribution in [3.8, 4) is 0 Å². The predicted molar refractivity (Wildman–Crippen MR) is 134 cm³/mol. The molecule has 1 aliphatic rings. The third-order valence-electron chi connectivity index (χ3n) is 6.53. The van der Waals surface area contributed by atoms with Crippen molar-refractivity contribution in [2.45, 2.75) is 64.0 Å². The van der Waals surface area contributed by atoms with E-state index in [9.17, 15) is 9.59 Å². The highest BCUT2D eigenvalue weighted by Gasteiger charge is 2.36. The van der Waals surface area contributed by atoms with E-state index in [4.69, 9.17) is 0 Å². The standard InChI is InChI=1S/C27H33N3O2S/c1-3-20-11-7-8-15-23(20)30(25(31)19-22-14-10-18-33-22)26(24-16-9-17-29(24)2)27(32)28-21-12-5-4-6-13-21/h7-11,14-18,21,26H,3-6,12-13,19H2,1-2H3,(H,28,32)/t26-/m0/s1. The highest BCUT2D eigenvalue weighted by molar-refractivity contribution is 7.10. The van der Waals surface area contributed by atoms with Gasteiger partial charge in [-0.25, -0.2) is 0 Å². The zero-order chi connectivity index (χ0) is 23.2. The van der Waals surface area contributed by atoms with Crippen molar-refractivity contribution in [3.63, 3.8) is 0 Å². The predicted octanol–water partition coefficient (Wildman–Crippen LogP) is 5.41. The van der Waals surface area contributed by atoms with Gasteiger partial charge in [0.15, 0.2) is 6.04 Å². The number of nitrogens with zero attached hydrogens (tertiary/aromatic N) is 2. The van der Waals surface area contributed by atoms with Gasteiger partial charge in [0.05, 0.1) is 12.1 Å². The van der Waals surface area contributed by atoms with Gasteiger partial charge in [-0.05, 0) is 54.5 Å². The minimum absolute atomic E-state index is 0.0663. The van der Waals surface area contributed by atoms with Crippen LogP contribution in [0.2, 0.25) is 0 Å². The summed E-state index contributed by atoms with van der Waals surface area (Å²) in [6, 6.07) is 15.2. The van der Waals surface area contributed by atoms with E-state index >= 15 is 0 Å². The van der Waals surface area contributed by atoms with Gasteiger partial charge in [-0.2, -0.15) is 0 Å². The molecule has 0 saturated heterocycles. The number of hydrogen-bond acceptors (Lipinski definition) is 3. The largest absolute Gasteiger partial charge is 0.352 e. The minimum Gasteiger partial charge on any atom is -0.352 e. The first-order valence-electron chi connectivity index (χ1n) is 11.9. The summed E-state index contributed by atoms with van der Waals surface area (Å²) < 4.78 is 1.95. The van der Waals surface area contributed by atoms with E-state index in [-0.39, 0.29) is 24.3 Å². The maximum atomic E-state index is 13.9. The van der Waals surface area contributed by atoms with Crippen LogP contribution in [0.4, 0.5) is 5.69 Å². The summed E-state index contributed by atoms with van der Waals surface area (Å²) in [5.74, 6) is -0.169. The Labute approximate surface area is 200 Å². The highest BCUT2D eigenvalue weighted by atomic mass is 32.1. The molecule has 174 valence electrons. The van der Waals surface area contributed by atoms with Crippen LogP contribution >= 0.6 is 11.3 Å². The first kappa shape index (κ1) is 23.3. The average molecular weight is 464 g/mol. The number of aromatic nitrogens is 1. The lowest BCUT2D eigenvalue weighted by Gasteiger charge is -2.34. The minimum atomic E-state index is -0.730. The fourth-order valence-corrected chi connectivity index (χ4v) is 5.47. The Hall–Kier alpha value is -2.86. The quantitative estimate of drug-likeness (QED) is 0.485. The van der Waals surface area contributed by atoms with Gasteiger partial charge in [0.2, 0.25) is 11.8 Å². The Morgan fingerprint density at radius 1 is 1.09 bits per heavy atom. The Bertz CT molecular complexity index is 1070. The van der Waals surface area contributed by atoms with Gasteiger partial charge in [0.25, 0.3) is 0 Å². The highest BCUT2D eigenvalue weighted by Crippen LogP contribution is 2.33. The number of thiophene rings is 1. The second-order valence-electron chi connectivity index (χ2n) is 8.79. The van der Waals surface area contributed by atoms with Gasteiger partial charge in [-0.3, -0.25) is 14.5 Å². The number of para-hydroxylation sites is 1. The zero-order valence-corrected chi connectivity index (χ0v) is 20.3. The molecule has 1 aliphatic carbocycles. The van der Waals surface area contributed by atoms with Crippen molar-refractivity contribution < 1.29 is 9.59 Å². The molecule has 1 saturated carbocycles. The van der Waals surface area contributed by atoms with Gasteiger partial charge < -0.3 is 9.88 Å². The van der Waals surface area contributed by atoms with E-state index in [0.29, 0.717) is 0 Å². The van der Waals surface area contributed by atoms with Crippen molar-refractivity contribution in [1.82, 2.24) is 9.88 Å². The van der Waals surface area contributed by atoms with Crippen LogP contribution in [0.25, 0.3) is 0 Å². The molecule has 5 nitrogen and oxygen atoms in total. The molecule has 2 amide bonds. The van der Waals surface area contributed by atoms with Crippen LogP contribution in [0, 0.1) is 0 Å². The molecule has 1 N–H and O–H groups in total. The lowest BCUT2D eigenvalue weighted by molar-refractivity contribution is -0.127. The topological polar surface area (TPSA) is 54.3 Å². The average Bonchev–Trinajstić information content (AvgIpc) is 3.49. The number of hydrogen-bond donors (Lipinski definition) is 1. The van der Waals surface area contributed by atoms with Crippen LogP contribution in [0.1, 0.15) is 61.2 Å². The second kappa shape index (κ2) is 10.8. The van der Waals surface area contributed by atoms with Crippen LogP contribution < -0.4 is 10.2 Å². The SMILES string of the molecule is CCc1ccccc1N(C(=O)Cc1cccs1)[C@H](C(=O)NC1CCCCC1)c1cccn1C. The van der Waals surface area contributed by atoms with Crippen LogP contribution in [-0.4, -0.2) is 22.4 Å². The number of amides is 2. The normalized spacial score (nSPS) is 15.2. The van der Waals surface area contributed by atoms with E-state index in [1.807, 2.05) is 71.7 Å². The van der Waals surface area contributed by atoms with Crippen LogP contribution in [-0.2, 0) is 29.5 Å². The summed E-state index contributed by atoms with van der Waals surface area (Å²) >= 11 is 1.57. The summed E-state index contributed by atoms with van der Waals surface area (Å²) in [5.41, 5.74) is 2.68. The Morgan fingerprint density at radius 2 is 1.88 bits per heavy atom. The van der Waals surface area contributed by atoms with Crippen molar-refractivity contribution in [2.24, 2.45) is 7.05 Å². The number of aryl methyl sites for hydroxylation is 2. The van der Waals surface area contributed by atoms with Crippen LogP contribution in [0.5, 0.6) is 0 Å². The van der Waals surface area contributed by atoms with Crippen molar-refractivity contribution in [3.05, 3.63) is 76.2 Å². The van der Waals surface area contributed by atoms with E-state index in [0.717, 1.165) is 53.9 Å². The Balaban J connectivity index is 1.77. The first-order chi connectivity index (χ1) is 16.1. The molecule has 0 bridgehead atoms. The molecule has 2 aromatic heterocycles. The molecule has 2 heterocycles. The van der Waals surface area contributed by atoms with Crippen LogP contribution in [0.3, 0.4) is 0 Å². The fraction of sp³-hybridized carbons (Fsp3) is 0.407. The number of nitrogens with one attached hydrogen (secondary N) is 1. The van der Waals surface area contributed by atoms with Gasteiger partial charge in [0, 0.05) is 29.9 Å². The van der Waals surface area contributed by atoms with Crippen LogP contribution in [0.15, 0.2) is 60.1 Å². The fourth-order valence-electron chi connectivity index (χ4n) is 4.78. The van der Waals surface area contributed by atoms with E-state index in [1.165, 1.54) is 6.42 Å². The first-order valence-corrected chi connectivity index (χ1v) is 12.8. The summed E-state index contributed by atoms with van der Waals surface area (Å²) in [7, 11) is 1.93. The molecule has 33 heavy (non-hydrogen) atoms.